The Morgan fingerprint density at radius 3 is 2.52 bits per heavy atom. The third-order valence-corrected chi connectivity index (χ3v) is 4.75. The molecule has 0 saturated carbocycles. The summed E-state index contributed by atoms with van der Waals surface area (Å²) in [5.74, 6) is 0.794. The minimum atomic E-state index is -0.757. The van der Waals surface area contributed by atoms with Crippen LogP contribution in [0.3, 0.4) is 0 Å². The number of nitrogens with zero attached hydrogens (tertiary/aromatic N) is 2. The van der Waals surface area contributed by atoms with E-state index in [9.17, 15) is 4.39 Å². The molecule has 0 aromatic carbocycles. The topological polar surface area (TPSA) is 34.6 Å². The van der Waals surface area contributed by atoms with Gasteiger partial charge in [0.15, 0.2) is 0 Å². The van der Waals surface area contributed by atoms with Crippen molar-refractivity contribution >= 4 is 18.4 Å². The normalized spacial score (nSPS) is 27.4. The Labute approximate surface area is 125 Å². The van der Waals surface area contributed by atoms with E-state index >= 15 is 0 Å². The summed E-state index contributed by atoms with van der Waals surface area (Å²) in [6.45, 7) is 9.25. The number of halogens is 1. The highest BCUT2D eigenvalue weighted by Gasteiger charge is 2.51. The molecule has 2 saturated heterocycles. The van der Waals surface area contributed by atoms with Crippen molar-refractivity contribution in [3.8, 4) is 0 Å². The van der Waals surface area contributed by atoms with Crippen LogP contribution in [0.15, 0.2) is 18.3 Å². The predicted octanol–water partition coefficient (Wildman–Crippen LogP) is 1.93. The Bertz CT molecular complexity index is 522. The van der Waals surface area contributed by atoms with Crippen LogP contribution in [-0.2, 0) is 9.31 Å². The van der Waals surface area contributed by atoms with Crippen molar-refractivity contribution < 1.29 is 13.7 Å². The van der Waals surface area contributed by atoms with Gasteiger partial charge in [0.2, 0.25) is 0 Å². The van der Waals surface area contributed by atoms with Gasteiger partial charge in [-0.15, -0.1) is 0 Å². The highest BCUT2D eigenvalue weighted by atomic mass is 19.1. The van der Waals surface area contributed by atoms with Crippen molar-refractivity contribution in [3.63, 3.8) is 0 Å². The number of aromatic nitrogens is 1. The molecule has 0 amide bonds. The third-order valence-electron chi connectivity index (χ3n) is 4.75. The molecule has 21 heavy (non-hydrogen) atoms. The Balaban J connectivity index is 1.81. The molecule has 114 valence electrons. The Kier molecular flexibility index (Phi) is 3.49. The second kappa shape index (κ2) is 4.95. The lowest BCUT2D eigenvalue weighted by molar-refractivity contribution is 0.00578. The van der Waals surface area contributed by atoms with Crippen molar-refractivity contribution in [1.29, 1.82) is 0 Å². The summed E-state index contributed by atoms with van der Waals surface area (Å²) < 4.78 is 25.4. The zero-order valence-corrected chi connectivity index (χ0v) is 13.1. The third kappa shape index (κ3) is 2.67. The molecule has 1 aromatic heterocycles. The summed E-state index contributed by atoms with van der Waals surface area (Å²) in [4.78, 5) is 6.32. The molecule has 0 bridgehead atoms. The predicted molar refractivity (Wildman–Crippen MR) is 81.7 cm³/mol. The van der Waals surface area contributed by atoms with Crippen molar-refractivity contribution in [1.82, 2.24) is 4.98 Å². The largest absolute Gasteiger partial charge is 0.495 e. The Morgan fingerprint density at radius 2 is 1.95 bits per heavy atom. The van der Waals surface area contributed by atoms with E-state index in [1.165, 1.54) is 0 Å². The Hall–Kier alpha value is -1.14. The van der Waals surface area contributed by atoms with E-state index in [4.69, 9.17) is 9.31 Å². The number of anilines is 1. The van der Waals surface area contributed by atoms with E-state index in [0.29, 0.717) is 19.5 Å². The van der Waals surface area contributed by atoms with Gasteiger partial charge in [0.25, 0.3) is 0 Å². The lowest BCUT2D eigenvalue weighted by atomic mass is 9.79. The first kappa shape index (κ1) is 14.8. The maximum atomic E-state index is 13.3. The molecule has 0 unspecified atom stereocenters. The monoisotopic (exact) mass is 292 g/mol. The second-order valence-corrected chi connectivity index (χ2v) is 6.87. The van der Waals surface area contributed by atoms with Gasteiger partial charge in [0.05, 0.1) is 17.7 Å². The standard InChI is InChI=1S/C15H22BFN2O2/c1-14(2)15(3,4)21-16(20-14)11-5-7-18-13(9-11)19-8-6-12(17)10-19/h5,7,9,12H,6,8,10H2,1-4H3/t12-/m1/s1. The molecule has 2 aliphatic heterocycles. The first-order valence-electron chi connectivity index (χ1n) is 7.49. The van der Waals surface area contributed by atoms with E-state index in [1.54, 1.807) is 6.20 Å². The molecule has 0 spiro atoms. The lowest BCUT2D eigenvalue weighted by Gasteiger charge is -2.32. The molecular weight excluding hydrogens is 270 g/mol. The van der Waals surface area contributed by atoms with Crippen LogP contribution in [0.5, 0.6) is 0 Å². The number of pyridine rings is 1. The molecule has 1 aromatic rings. The number of hydrogen-bond donors (Lipinski definition) is 0. The molecule has 0 N–H and O–H groups in total. The van der Waals surface area contributed by atoms with Gasteiger partial charge >= 0.3 is 7.12 Å². The van der Waals surface area contributed by atoms with Crippen LogP contribution in [-0.4, -0.2) is 42.6 Å². The maximum absolute atomic E-state index is 13.3. The minimum absolute atomic E-state index is 0.362. The van der Waals surface area contributed by atoms with Crippen LogP contribution in [0, 0.1) is 0 Å². The van der Waals surface area contributed by atoms with Gasteiger partial charge in [-0.05, 0) is 51.7 Å². The van der Waals surface area contributed by atoms with Crippen molar-refractivity contribution in [2.24, 2.45) is 0 Å². The van der Waals surface area contributed by atoms with E-state index in [-0.39, 0.29) is 11.2 Å². The smallest absolute Gasteiger partial charge is 0.399 e. The molecule has 3 rings (SSSR count). The fraction of sp³-hybridized carbons (Fsp3) is 0.667. The van der Waals surface area contributed by atoms with Gasteiger partial charge in [-0.3, -0.25) is 0 Å². The van der Waals surface area contributed by atoms with Crippen LogP contribution in [0.1, 0.15) is 34.1 Å². The van der Waals surface area contributed by atoms with Gasteiger partial charge < -0.3 is 14.2 Å². The number of alkyl halides is 1. The fourth-order valence-electron chi connectivity index (χ4n) is 2.66. The van der Waals surface area contributed by atoms with E-state index < -0.39 is 13.3 Å². The van der Waals surface area contributed by atoms with Crippen LogP contribution in [0.2, 0.25) is 0 Å². The summed E-state index contributed by atoms with van der Waals surface area (Å²) in [5.41, 5.74) is 0.207. The molecule has 0 radical (unpaired) electrons. The zero-order chi connectivity index (χ0) is 15.3. The van der Waals surface area contributed by atoms with Crippen molar-refractivity contribution in [2.75, 3.05) is 18.0 Å². The van der Waals surface area contributed by atoms with Crippen molar-refractivity contribution in [2.45, 2.75) is 51.5 Å². The maximum Gasteiger partial charge on any atom is 0.495 e. The first-order valence-corrected chi connectivity index (χ1v) is 7.49. The quantitative estimate of drug-likeness (QED) is 0.780. The van der Waals surface area contributed by atoms with Gasteiger partial charge in [0, 0.05) is 12.7 Å². The summed E-state index contributed by atoms with van der Waals surface area (Å²) in [6, 6.07) is 3.84. The van der Waals surface area contributed by atoms with Crippen LogP contribution in [0.25, 0.3) is 0 Å². The fourth-order valence-corrected chi connectivity index (χ4v) is 2.66. The average Bonchev–Trinajstić information content (AvgIpc) is 2.92. The summed E-state index contributed by atoms with van der Waals surface area (Å²) >= 11 is 0. The zero-order valence-electron chi connectivity index (χ0n) is 13.1. The highest BCUT2D eigenvalue weighted by Crippen LogP contribution is 2.36. The molecule has 1 atom stereocenters. The minimum Gasteiger partial charge on any atom is -0.399 e. The molecule has 2 aliphatic rings. The SMILES string of the molecule is CC1(C)OB(c2ccnc(N3CC[C@@H](F)C3)c2)OC1(C)C. The van der Waals surface area contributed by atoms with E-state index in [1.807, 2.05) is 44.7 Å². The van der Waals surface area contributed by atoms with E-state index in [2.05, 4.69) is 4.98 Å². The molecule has 6 heteroatoms. The Morgan fingerprint density at radius 1 is 1.29 bits per heavy atom. The molecule has 4 nitrogen and oxygen atoms in total. The number of rotatable bonds is 2. The molecular formula is C15H22BFN2O2. The average molecular weight is 292 g/mol. The molecule has 2 fully saturated rings. The van der Waals surface area contributed by atoms with E-state index in [0.717, 1.165) is 11.3 Å². The van der Waals surface area contributed by atoms with Gasteiger partial charge in [-0.25, -0.2) is 9.37 Å². The lowest BCUT2D eigenvalue weighted by Crippen LogP contribution is -2.41. The molecule has 3 heterocycles. The van der Waals surface area contributed by atoms with Gasteiger partial charge in [-0.1, -0.05) is 0 Å². The first-order chi connectivity index (χ1) is 9.78. The summed E-state index contributed by atoms with van der Waals surface area (Å²) in [7, 11) is -0.402. The van der Waals surface area contributed by atoms with Crippen LogP contribution in [0.4, 0.5) is 10.2 Å². The van der Waals surface area contributed by atoms with Crippen LogP contribution < -0.4 is 10.4 Å². The van der Waals surface area contributed by atoms with Gasteiger partial charge in [-0.2, -0.15) is 0 Å². The summed E-state index contributed by atoms with van der Waals surface area (Å²) in [5, 5.41) is 0. The number of hydrogen-bond acceptors (Lipinski definition) is 4. The second-order valence-electron chi connectivity index (χ2n) is 6.87. The van der Waals surface area contributed by atoms with Gasteiger partial charge in [0.1, 0.15) is 12.0 Å². The van der Waals surface area contributed by atoms with Crippen LogP contribution >= 0.6 is 0 Å². The summed E-state index contributed by atoms with van der Waals surface area (Å²) in [6.07, 6.45) is 1.55. The molecule has 0 aliphatic carbocycles. The van der Waals surface area contributed by atoms with Crippen molar-refractivity contribution in [3.05, 3.63) is 18.3 Å². The highest BCUT2D eigenvalue weighted by molar-refractivity contribution is 6.62.